The van der Waals surface area contributed by atoms with Gasteiger partial charge in [0.2, 0.25) is 0 Å². The van der Waals surface area contributed by atoms with Gasteiger partial charge in [0.05, 0.1) is 17.6 Å². The fourth-order valence-corrected chi connectivity index (χ4v) is 2.35. The first kappa shape index (κ1) is 11.9. The molecule has 96 valence electrons. The highest BCUT2D eigenvalue weighted by Crippen LogP contribution is 2.28. The van der Waals surface area contributed by atoms with Gasteiger partial charge < -0.3 is 14.3 Å². The van der Waals surface area contributed by atoms with E-state index in [1.54, 1.807) is 6.07 Å². The number of rotatable bonds is 5. The molecule has 1 aromatic heterocycles. The number of aromatic amines is 1. The van der Waals surface area contributed by atoms with E-state index in [1.165, 1.54) is 25.0 Å². The van der Waals surface area contributed by atoms with E-state index in [0.29, 0.717) is 17.9 Å². The predicted octanol–water partition coefficient (Wildman–Crippen LogP) is 3.26. The van der Waals surface area contributed by atoms with Gasteiger partial charge in [0, 0.05) is 13.2 Å². The van der Waals surface area contributed by atoms with Crippen molar-refractivity contribution in [3.8, 4) is 0 Å². The summed E-state index contributed by atoms with van der Waals surface area (Å²) in [6.07, 6.45) is 2.59. The minimum atomic E-state index is -0.254. The molecule has 2 aromatic rings. The maximum absolute atomic E-state index is 13.1. The first-order chi connectivity index (χ1) is 8.74. The Kier molecular flexibility index (Phi) is 3.18. The second-order valence-electron chi connectivity index (χ2n) is 4.76. The summed E-state index contributed by atoms with van der Waals surface area (Å²) in [6.45, 7) is 2.20. The third-order valence-electron chi connectivity index (χ3n) is 3.25. The van der Waals surface area contributed by atoms with Crippen molar-refractivity contribution in [3.63, 3.8) is 0 Å². The third-order valence-corrected chi connectivity index (χ3v) is 3.57. The van der Waals surface area contributed by atoms with Gasteiger partial charge in [0.25, 0.3) is 0 Å². The lowest BCUT2D eigenvalue weighted by Gasteiger charge is -2.05. The molecule has 3 nitrogen and oxygen atoms in total. The van der Waals surface area contributed by atoms with Crippen molar-refractivity contribution in [3.05, 3.63) is 28.8 Å². The van der Waals surface area contributed by atoms with Crippen LogP contribution in [-0.2, 0) is 11.3 Å². The first-order valence-corrected chi connectivity index (χ1v) is 6.60. The number of imidazole rings is 1. The molecule has 1 saturated carbocycles. The van der Waals surface area contributed by atoms with Gasteiger partial charge in [-0.1, -0.05) is 0 Å². The molecule has 1 aliphatic rings. The maximum Gasteiger partial charge on any atom is 0.178 e. The lowest BCUT2D eigenvalue weighted by atomic mass is 10.3. The molecule has 1 aromatic carbocycles. The highest BCUT2D eigenvalue weighted by molar-refractivity contribution is 7.71. The minimum absolute atomic E-state index is 0.254. The molecule has 1 aliphatic carbocycles. The Labute approximate surface area is 110 Å². The van der Waals surface area contributed by atoms with E-state index >= 15 is 0 Å². The summed E-state index contributed by atoms with van der Waals surface area (Å²) in [4.78, 5) is 3.01. The highest BCUT2D eigenvalue weighted by Gasteiger charge is 2.20. The number of H-pyrrole nitrogens is 1. The Bertz CT molecular complexity index is 615. The maximum atomic E-state index is 13.1. The highest BCUT2D eigenvalue weighted by atomic mass is 32.1. The van der Waals surface area contributed by atoms with Crippen LogP contribution < -0.4 is 0 Å². The molecule has 0 unspecified atom stereocenters. The third kappa shape index (κ3) is 2.47. The zero-order chi connectivity index (χ0) is 12.5. The monoisotopic (exact) mass is 266 g/mol. The van der Waals surface area contributed by atoms with Gasteiger partial charge in [-0.3, -0.25) is 0 Å². The molecular weight excluding hydrogens is 251 g/mol. The molecule has 0 radical (unpaired) electrons. The standard InChI is InChI=1S/C13H15FN2OS/c14-10-3-4-12-11(7-10)15-13(18)16(12)5-6-17-8-9-1-2-9/h3-4,7,9H,1-2,5-6,8H2,(H,15,18). The second kappa shape index (κ2) is 4.82. The summed E-state index contributed by atoms with van der Waals surface area (Å²) in [7, 11) is 0. The van der Waals surface area contributed by atoms with Crippen molar-refractivity contribution in [2.24, 2.45) is 5.92 Å². The van der Waals surface area contributed by atoms with Crippen LogP contribution in [0.5, 0.6) is 0 Å². The van der Waals surface area contributed by atoms with Gasteiger partial charge in [-0.15, -0.1) is 0 Å². The van der Waals surface area contributed by atoms with Crippen LogP contribution in [0.2, 0.25) is 0 Å². The lowest BCUT2D eigenvalue weighted by Crippen LogP contribution is -2.07. The SMILES string of the molecule is Fc1ccc2c(c1)[nH]c(=S)n2CCOCC1CC1. The van der Waals surface area contributed by atoms with Gasteiger partial charge in [-0.05, 0) is 49.2 Å². The Balaban J connectivity index is 1.73. The molecule has 0 saturated heterocycles. The molecule has 18 heavy (non-hydrogen) atoms. The molecular formula is C13H15FN2OS. The molecule has 5 heteroatoms. The average Bonchev–Trinajstić information content (AvgIpc) is 3.10. The minimum Gasteiger partial charge on any atom is -0.379 e. The fourth-order valence-electron chi connectivity index (χ4n) is 2.05. The Morgan fingerprint density at radius 2 is 2.28 bits per heavy atom. The Morgan fingerprint density at radius 3 is 3.06 bits per heavy atom. The van der Waals surface area contributed by atoms with Crippen LogP contribution in [0.3, 0.4) is 0 Å². The van der Waals surface area contributed by atoms with Crippen LogP contribution in [0.1, 0.15) is 12.8 Å². The number of ether oxygens (including phenoxy) is 1. The molecule has 0 amide bonds. The van der Waals surface area contributed by atoms with Crippen molar-refractivity contribution in [1.82, 2.24) is 9.55 Å². The number of fused-ring (bicyclic) bond motifs is 1. The van der Waals surface area contributed by atoms with E-state index in [2.05, 4.69) is 4.98 Å². The van der Waals surface area contributed by atoms with Crippen molar-refractivity contribution in [2.75, 3.05) is 13.2 Å². The fraction of sp³-hybridized carbons (Fsp3) is 0.462. The zero-order valence-electron chi connectivity index (χ0n) is 9.99. The van der Waals surface area contributed by atoms with Crippen molar-refractivity contribution in [1.29, 1.82) is 0 Å². The van der Waals surface area contributed by atoms with E-state index in [0.717, 1.165) is 23.6 Å². The number of hydrogen-bond donors (Lipinski definition) is 1. The lowest BCUT2D eigenvalue weighted by molar-refractivity contribution is 0.117. The van der Waals surface area contributed by atoms with Crippen LogP contribution in [0.25, 0.3) is 11.0 Å². The quantitative estimate of drug-likeness (QED) is 0.665. The summed E-state index contributed by atoms with van der Waals surface area (Å²) >= 11 is 5.24. The van der Waals surface area contributed by atoms with Crippen LogP contribution >= 0.6 is 12.2 Å². The van der Waals surface area contributed by atoms with Gasteiger partial charge in [0.1, 0.15) is 5.82 Å². The smallest absolute Gasteiger partial charge is 0.178 e. The van der Waals surface area contributed by atoms with Gasteiger partial charge in [-0.25, -0.2) is 4.39 Å². The number of nitrogens with one attached hydrogen (secondary N) is 1. The summed E-state index contributed by atoms with van der Waals surface area (Å²) in [6, 6.07) is 4.66. The first-order valence-electron chi connectivity index (χ1n) is 6.20. The van der Waals surface area contributed by atoms with Gasteiger partial charge >= 0.3 is 0 Å². The number of nitrogens with zero attached hydrogens (tertiary/aromatic N) is 1. The number of aromatic nitrogens is 2. The molecule has 0 bridgehead atoms. The van der Waals surface area contributed by atoms with Crippen molar-refractivity contribution < 1.29 is 9.13 Å². The van der Waals surface area contributed by atoms with E-state index in [1.807, 2.05) is 4.57 Å². The number of benzene rings is 1. The van der Waals surface area contributed by atoms with Crippen molar-refractivity contribution in [2.45, 2.75) is 19.4 Å². The number of halogens is 1. The van der Waals surface area contributed by atoms with Crippen LogP contribution in [0, 0.1) is 16.5 Å². The molecule has 0 aliphatic heterocycles. The molecule has 1 fully saturated rings. The number of hydrogen-bond acceptors (Lipinski definition) is 2. The Hall–Kier alpha value is -1.20. The van der Waals surface area contributed by atoms with Gasteiger partial charge in [-0.2, -0.15) is 0 Å². The van der Waals surface area contributed by atoms with Crippen LogP contribution in [0.4, 0.5) is 4.39 Å². The molecule has 0 atom stereocenters. The van der Waals surface area contributed by atoms with E-state index < -0.39 is 0 Å². The zero-order valence-corrected chi connectivity index (χ0v) is 10.8. The molecule has 1 heterocycles. The van der Waals surface area contributed by atoms with E-state index in [-0.39, 0.29) is 5.82 Å². The van der Waals surface area contributed by atoms with Crippen LogP contribution in [0.15, 0.2) is 18.2 Å². The summed E-state index contributed by atoms with van der Waals surface area (Å²) < 4.78 is 21.3. The second-order valence-corrected chi connectivity index (χ2v) is 5.15. The molecule has 1 N–H and O–H groups in total. The van der Waals surface area contributed by atoms with Crippen molar-refractivity contribution >= 4 is 23.3 Å². The van der Waals surface area contributed by atoms with Crippen LogP contribution in [-0.4, -0.2) is 22.8 Å². The normalized spacial score (nSPS) is 15.4. The predicted molar refractivity (Wildman–Crippen MR) is 70.6 cm³/mol. The topological polar surface area (TPSA) is 29.9 Å². The summed E-state index contributed by atoms with van der Waals surface area (Å²) in [5.41, 5.74) is 1.67. The summed E-state index contributed by atoms with van der Waals surface area (Å²) in [5, 5.41) is 0. The average molecular weight is 266 g/mol. The molecule has 0 spiro atoms. The summed E-state index contributed by atoms with van der Waals surface area (Å²) in [5.74, 6) is 0.519. The van der Waals surface area contributed by atoms with E-state index in [4.69, 9.17) is 17.0 Å². The van der Waals surface area contributed by atoms with E-state index in [9.17, 15) is 4.39 Å². The molecule has 3 rings (SSSR count). The van der Waals surface area contributed by atoms with Gasteiger partial charge in [0.15, 0.2) is 4.77 Å². The largest absolute Gasteiger partial charge is 0.379 e. The Morgan fingerprint density at radius 1 is 1.44 bits per heavy atom.